The predicted octanol–water partition coefficient (Wildman–Crippen LogP) is 4.24. The number of halogens is 3. The van der Waals surface area contributed by atoms with Gasteiger partial charge >= 0.3 is 0 Å². The van der Waals surface area contributed by atoms with E-state index in [-0.39, 0.29) is 12.5 Å². The molecule has 0 spiro atoms. The number of carbonyl (C=O) groups excluding carboxylic acids is 2. The highest BCUT2D eigenvalue weighted by Crippen LogP contribution is 2.23. The number of nitrogens with one attached hydrogen (secondary N) is 1. The molecule has 0 aromatic heterocycles. The number of rotatable bonds is 5. The van der Waals surface area contributed by atoms with E-state index in [1.807, 2.05) is 0 Å². The normalized spacial score (nSPS) is 10.7. The van der Waals surface area contributed by atoms with Crippen molar-refractivity contribution in [2.45, 2.75) is 0 Å². The monoisotopic (exact) mass is 380 g/mol. The highest BCUT2D eigenvalue weighted by Gasteiger charge is 2.11. The van der Waals surface area contributed by atoms with Crippen molar-refractivity contribution in [3.63, 3.8) is 0 Å². The molecule has 2 aromatic carbocycles. The van der Waals surface area contributed by atoms with E-state index in [0.29, 0.717) is 21.3 Å². The Labute approximate surface area is 154 Å². The molecule has 4 nitrogen and oxygen atoms in total. The van der Waals surface area contributed by atoms with Crippen molar-refractivity contribution in [2.75, 3.05) is 18.9 Å². The van der Waals surface area contributed by atoms with Crippen LogP contribution in [0.15, 0.2) is 48.5 Å². The molecule has 2 rings (SSSR count). The standard InChI is InChI=1S/C18H15Cl2FN2O2/c1-23(11-17(24)22-14-4-2-3-13(21)10-14)18(25)8-6-12-5-7-15(19)16(20)9-12/h2-10H,11H2,1H3,(H,22,24)/b8-6+. The van der Waals surface area contributed by atoms with Gasteiger partial charge in [-0.15, -0.1) is 0 Å². The first-order valence-corrected chi connectivity index (χ1v) is 8.04. The van der Waals surface area contributed by atoms with E-state index in [1.165, 1.54) is 36.2 Å². The van der Waals surface area contributed by atoms with Crippen LogP contribution in [0.25, 0.3) is 6.08 Å². The van der Waals surface area contributed by atoms with Gasteiger partial charge in [0, 0.05) is 18.8 Å². The summed E-state index contributed by atoms with van der Waals surface area (Å²) < 4.78 is 13.1. The number of hydrogen-bond acceptors (Lipinski definition) is 2. The summed E-state index contributed by atoms with van der Waals surface area (Å²) in [5.41, 5.74) is 1.04. The lowest BCUT2D eigenvalue weighted by molar-refractivity contribution is -0.129. The van der Waals surface area contributed by atoms with Crippen LogP contribution < -0.4 is 5.32 Å². The first-order valence-electron chi connectivity index (χ1n) is 7.29. The van der Waals surface area contributed by atoms with Crippen LogP contribution in [0.1, 0.15) is 5.56 Å². The maximum absolute atomic E-state index is 13.1. The lowest BCUT2D eigenvalue weighted by atomic mass is 10.2. The smallest absolute Gasteiger partial charge is 0.246 e. The van der Waals surface area contributed by atoms with Crippen LogP contribution in [0.2, 0.25) is 10.0 Å². The van der Waals surface area contributed by atoms with Crippen LogP contribution >= 0.6 is 23.2 Å². The molecule has 2 aromatic rings. The van der Waals surface area contributed by atoms with E-state index >= 15 is 0 Å². The van der Waals surface area contributed by atoms with E-state index in [9.17, 15) is 14.0 Å². The number of amides is 2. The Kier molecular flexibility index (Phi) is 6.56. The van der Waals surface area contributed by atoms with Gasteiger partial charge in [-0.3, -0.25) is 9.59 Å². The zero-order chi connectivity index (χ0) is 18.4. The summed E-state index contributed by atoms with van der Waals surface area (Å²) in [5.74, 6) is -1.24. The third kappa shape index (κ3) is 5.89. The van der Waals surface area contributed by atoms with Crippen molar-refractivity contribution >= 4 is 46.8 Å². The Bertz CT molecular complexity index is 824. The Hall–Kier alpha value is -2.37. The van der Waals surface area contributed by atoms with Gasteiger partial charge in [0.2, 0.25) is 11.8 Å². The zero-order valence-corrected chi connectivity index (χ0v) is 14.8. The van der Waals surface area contributed by atoms with Gasteiger partial charge < -0.3 is 10.2 Å². The molecule has 0 aliphatic heterocycles. The molecule has 25 heavy (non-hydrogen) atoms. The van der Waals surface area contributed by atoms with Crippen LogP contribution in [0.4, 0.5) is 10.1 Å². The van der Waals surface area contributed by atoms with Gasteiger partial charge in [-0.2, -0.15) is 0 Å². The lowest BCUT2D eigenvalue weighted by Crippen LogP contribution is -2.33. The van der Waals surface area contributed by atoms with Gasteiger partial charge in [0.1, 0.15) is 5.82 Å². The SMILES string of the molecule is CN(CC(=O)Nc1cccc(F)c1)C(=O)/C=C/c1ccc(Cl)c(Cl)c1. The minimum absolute atomic E-state index is 0.166. The van der Waals surface area contributed by atoms with Crippen molar-refractivity contribution in [3.05, 3.63) is 70.0 Å². The fourth-order valence-corrected chi connectivity index (χ4v) is 2.28. The maximum Gasteiger partial charge on any atom is 0.246 e. The van der Waals surface area contributed by atoms with Crippen LogP contribution in [0.3, 0.4) is 0 Å². The number of benzene rings is 2. The van der Waals surface area contributed by atoms with Gasteiger partial charge in [-0.05, 0) is 42.0 Å². The molecule has 1 N–H and O–H groups in total. The van der Waals surface area contributed by atoms with Crippen molar-refractivity contribution < 1.29 is 14.0 Å². The van der Waals surface area contributed by atoms with E-state index in [0.717, 1.165) is 0 Å². The average Bonchev–Trinajstić information content (AvgIpc) is 2.55. The minimum atomic E-state index is -0.452. The van der Waals surface area contributed by atoms with Crippen molar-refractivity contribution in [1.82, 2.24) is 4.90 Å². The largest absolute Gasteiger partial charge is 0.333 e. The van der Waals surface area contributed by atoms with Gasteiger partial charge in [0.05, 0.1) is 16.6 Å². The molecular formula is C18H15Cl2FN2O2. The molecule has 0 saturated carbocycles. The number of nitrogens with zero attached hydrogens (tertiary/aromatic N) is 1. The molecule has 0 atom stereocenters. The fraction of sp³-hybridized carbons (Fsp3) is 0.111. The second-order valence-electron chi connectivity index (χ2n) is 5.26. The number of anilines is 1. The first-order chi connectivity index (χ1) is 11.8. The molecule has 0 unspecified atom stereocenters. The topological polar surface area (TPSA) is 49.4 Å². The number of likely N-dealkylation sites (N-methyl/N-ethyl adjacent to an activating group) is 1. The summed E-state index contributed by atoms with van der Waals surface area (Å²) in [7, 11) is 1.49. The minimum Gasteiger partial charge on any atom is -0.333 e. The molecule has 0 bridgehead atoms. The quantitative estimate of drug-likeness (QED) is 0.788. The van der Waals surface area contributed by atoms with Crippen LogP contribution in [0, 0.1) is 5.82 Å². The third-order valence-corrected chi connectivity index (χ3v) is 3.97. The van der Waals surface area contributed by atoms with E-state index in [4.69, 9.17) is 23.2 Å². The van der Waals surface area contributed by atoms with E-state index < -0.39 is 11.7 Å². The van der Waals surface area contributed by atoms with Crippen LogP contribution in [-0.4, -0.2) is 30.3 Å². The van der Waals surface area contributed by atoms with Gasteiger partial charge in [-0.1, -0.05) is 35.3 Å². The highest BCUT2D eigenvalue weighted by molar-refractivity contribution is 6.42. The molecule has 130 valence electrons. The summed E-state index contributed by atoms with van der Waals surface area (Å²) in [6.45, 7) is -0.166. The van der Waals surface area contributed by atoms with E-state index in [2.05, 4.69) is 5.32 Å². The second-order valence-corrected chi connectivity index (χ2v) is 6.07. The number of carbonyl (C=O) groups is 2. The molecule has 0 radical (unpaired) electrons. The molecule has 2 amide bonds. The van der Waals surface area contributed by atoms with Crippen molar-refractivity contribution in [2.24, 2.45) is 0 Å². The van der Waals surface area contributed by atoms with Gasteiger partial charge in [0.15, 0.2) is 0 Å². The zero-order valence-electron chi connectivity index (χ0n) is 13.3. The predicted molar refractivity (Wildman–Crippen MR) is 98.2 cm³/mol. The molecule has 0 fully saturated rings. The lowest BCUT2D eigenvalue weighted by Gasteiger charge is -2.14. The van der Waals surface area contributed by atoms with Crippen LogP contribution in [0.5, 0.6) is 0 Å². The van der Waals surface area contributed by atoms with Crippen molar-refractivity contribution in [3.8, 4) is 0 Å². The molecule has 0 saturated heterocycles. The fourth-order valence-electron chi connectivity index (χ4n) is 1.97. The Morgan fingerprint density at radius 1 is 1.16 bits per heavy atom. The summed E-state index contributed by atoms with van der Waals surface area (Å²) in [5, 5.41) is 3.34. The molecule has 0 aliphatic rings. The van der Waals surface area contributed by atoms with Crippen molar-refractivity contribution in [1.29, 1.82) is 0 Å². The second kappa shape index (κ2) is 8.65. The Balaban J connectivity index is 1.91. The average molecular weight is 381 g/mol. The summed E-state index contributed by atoms with van der Waals surface area (Å²) in [6.07, 6.45) is 2.90. The molecule has 0 heterocycles. The van der Waals surface area contributed by atoms with Gasteiger partial charge in [-0.25, -0.2) is 4.39 Å². The van der Waals surface area contributed by atoms with Crippen LogP contribution in [-0.2, 0) is 9.59 Å². The molecular weight excluding hydrogens is 366 g/mol. The third-order valence-electron chi connectivity index (χ3n) is 3.23. The Morgan fingerprint density at radius 3 is 2.60 bits per heavy atom. The summed E-state index contributed by atoms with van der Waals surface area (Å²) in [6, 6.07) is 10.5. The summed E-state index contributed by atoms with van der Waals surface area (Å²) in [4.78, 5) is 25.2. The maximum atomic E-state index is 13.1. The highest BCUT2D eigenvalue weighted by atomic mass is 35.5. The van der Waals surface area contributed by atoms with E-state index in [1.54, 1.807) is 30.3 Å². The molecule has 0 aliphatic carbocycles. The first kappa shape index (κ1) is 19.0. The Morgan fingerprint density at radius 2 is 1.92 bits per heavy atom. The molecule has 7 heteroatoms. The number of hydrogen-bond donors (Lipinski definition) is 1. The summed E-state index contributed by atoms with van der Waals surface area (Å²) >= 11 is 11.7. The van der Waals surface area contributed by atoms with Gasteiger partial charge in [0.25, 0.3) is 0 Å².